The third-order valence-corrected chi connectivity index (χ3v) is 4.23. The highest BCUT2D eigenvalue weighted by Crippen LogP contribution is 2.32. The summed E-state index contributed by atoms with van der Waals surface area (Å²) in [6.45, 7) is 3.81. The quantitative estimate of drug-likeness (QED) is 0.797. The topological polar surface area (TPSA) is 33.7 Å². The zero-order chi connectivity index (χ0) is 15.1. The molecular weight excluding hydrogens is 264 g/mol. The molecule has 0 fully saturated rings. The molecule has 1 aromatic carbocycles. The third-order valence-electron chi connectivity index (χ3n) is 4.23. The van der Waals surface area contributed by atoms with Crippen LogP contribution in [0.1, 0.15) is 30.0 Å². The molecule has 1 unspecified atom stereocenters. The summed E-state index contributed by atoms with van der Waals surface area (Å²) in [6, 6.07) is 6.94. The van der Waals surface area contributed by atoms with E-state index in [1.807, 2.05) is 0 Å². The van der Waals surface area contributed by atoms with Gasteiger partial charge in [0, 0.05) is 32.8 Å². The lowest BCUT2D eigenvalue weighted by atomic mass is 9.87. The molecule has 0 bridgehead atoms. The lowest BCUT2D eigenvalue weighted by Gasteiger charge is -2.28. The van der Waals surface area contributed by atoms with Crippen molar-refractivity contribution < 1.29 is 9.47 Å². The number of aryl methyl sites for hydroxylation is 1. The highest BCUT2D eigenvalue weighted by atomic mass is 16.5. The van der Waals surface area contributed by atoms with Crippen molar-refractivity contribution in [2.24, 2.45) is 0 Å². The van der Waals surface area contributed by atoms with Gasteiger partial charge < -0.3 is 19.7 Å². The van der Waals surface area contributed by atoms with Gasteiger partial charge in [-0.2, -0.15) is 0 Å². The number of hydrogen-bond acceptors (Lipinski definition) is 4. The molecular formula is C17H28N2O2. The molecule has 21 heavy (non-hydrogen) atoms. The van der Waals surface area contributed by atoms with Gasteiger partial charge in [-0.05, 0) is 49.6 Å². The molecule has 1 aliphatic rings. The van der Waals surface area contributed by atoms with Crippen LogP contribution in [0.4, 0.5) is 0 Å². The van der Waals surface area contributed by atoms with Gasteiger partial charge in [0.1, 0.15) is 5.75 Å². The van der Waals surface area contributed by atoms with E-state index < -0.39 is 0 Å². The Morgan fingerprint density at radius 2 is 2.14 bits per heavy atom. The molecule has 0 saturated heterocycles. The van der Waals surface area contributed by atoms with Gasteiger partial charge in [-0.3, -0.25) is 0 Å². The third kappa shape index (κ3) is 4.70. The summed E-state index contributed by atoms with van der Waals surface area (Å²) in [5.41, 5.74) is 2.88. The van der Waals surface area contributed by atoms with Crippen LogP contribution in [-0.2, 0) is 11.2 Å². The minimum atomic E-state index is 0.458. The summed E-state index contributed by atoms with van der Waals surface area (Å²) in [5.74, 6) is 0.958. The Morgan fingerprint density at radius 3 is 2.90 bits per heavy atom. The Bertz CT molecular complexity index is 437. The van der Waals surface area contributed by atoms with E-state index in [1.165, 1.54) is 30.4 Å². The van der Waals surface area contributed by atoms with E-state index in [1.54, 1.807) is 14.2 Å². The molecule has 0 aliphatic heterocycles. The molecule has 0 saturated carbocycles. The fourth-order valence-electron chi connectivity index (χ4n) is 2.90. The molecule has 1 atom stereocenters. The first kappa shape index (κ1) is 16.3. The number of fused-ring (bicyclic) bond motifs is 1. The Morgan fingerprint density at radius 1 is 1.29 bits per heavy atom. The van der Waals surface area contributed by atoms with Crippen molar-refractivity contribution in [3.05, 3.63) is 29.3 Å². The summed E-state index contributed by atoms with van der Waals surface area (Å²) >= 11 is 0. The number of benzene rings is 1. The van der Waals surface area contributed by atoms with Crippen molar-refractivity contribution in [3.8, 4) is 5.75 Å². The molecule has 1 N–H and O–H groups in total. The van der Waals surface area contributed by atoms with E-state index in [-0.39, 0.29) is 0 Å². The van der Waals surface area contributed by atoms with Crippen LogP contribution in [0.5, 0.6) is 5.75 Å². The van der Waals surface area contributed by atoms with Crippen molar-refractivity contribution in [1.29, 1.82) is 0 Å². The fraction of sp³-hybridized carbons (Fsp3) is 0.647. The Hall–Kier alpha value is -1.10. The second kappa shape index (κ2) is 8.37. The molecule has 118 valence electrons. The average Bonchev–Trinajstić information content (AvgIpc) is 2.52. The molecule has 0 amide bonds. The molecule has 0 aromatic heterocycles. The zero-order valence-electron chi connectivity index (χ0n) is 13.5. The Balaban J connectivity index is 1.88. The van der Waals surface area contributed by atoms with E-state index in [4.69, 9.17) is 9.47 Å². The fourth-order valence-corrected chi connectivity index (χ4v) is 2.90. The van der Waals surface area contributed by atoms with Crippen molar-refractivity contribution in [2.75, 3.05) is 47.5 Å². The largest absolute Gasteiger partial charge is 0.497 e. The predicted molar refractivity (Wildman–Crippen MR) is 86.0 cm³/mol. The minimum Gasteiger partial charge on any atom is -0.497 e. The van der Waals surface area contributed by atoms with Gasteiger partial charge in [0.2, 0.25) is 0 Å². The van der Waals surface area contributed by atoms with Crippen LogP contribution >= 0.6 is 0 Å². The van der Waals surface area contributed by atoms with E-state index in [0.29, 0.717) is 6.04 Å². The van der Waals surface area contributed by atoms with Gasteiger partial charge in [0.25, 0.3) is 0 Å². The lowest BCUT2D eigenvalue weighted by Crippen LogP contribution is -2.34. The van der Waals surface area contributed by atoms with E-state index in [2.05, 4.69) is 35.5 Å². The number of methoxy groups -OCH3 is 2. The van der Waals surface area contributed by atoms with Gasteiger partial charge in [0.15, 0.2) is 0 Å². The van der Waals surface area contributed by atoms with Gasteiger partial charge in [-0.1, -0.05) is 6.07 Å². The second-order valence-electron chi connectivity index (χ2n) is 5.76. The predicted octanol–water partition coefficient (Wildman–Crippen LogP) is 2.24. The van der Waals surface area contributed by atoms with Crippen molar-refractivity contribution in [1.82, 2.24) is 10.2 Å². The monoisotopic (exact) mass is 292 g/mol. The zero-order valence-corrected chi connectivity index (χ0v) is 13.5. The molecule has 0 radical (unpaired) electrons. The van der Waals surface area contributed by atoms with Crippen LogP contribution < -0.4 is 10.1 Å². The summed E-state index contributed by atoms with van der Waals surface area (Å²) < 4.78 is 10.5. The average molecular weight is 292 g/mol. The normalized spacial score (nSPS) is 17.8. The van der Waals surface area contributed by atoms with Gasteiger partial charge in [-0.25, -0.2) is 0 Å². The number of hydrogen-bond donors (Lipinski definition) is 1. The lowest BCUT2D eigenvalue weighted by molar-refractivity contribution is 0.161. The number of rotatable bonds is 8. The first-order chi connectivity index (χ1) is 10.2. The maximum absolute atomic E-state index is 5.37. The summed E-state index contributed by atoms with van der Waals surface area (Å²) in [4.78, 5) is 2.30. The highest BCUT2D eigenvalue weighted by Gasteiger charge is 2.20. The Labute approximate surface area is 128 Å². The number of ether oxygens (including phenoxy) is 2. The SMILES string of the molecule is COCCN(C)CCNC1CCCc2ccc(OC)cc21. The molecule has 0 spiro atoms. The van der Waals surface area contributed by atoms with Gasteiger partial charge >= 0.3 is 0 Å². The van der Waals surface area contributed by atoms with Crippen molar-refractivity contribution in [3.63, 3.8) is 0 Å². The van der Waals surface area contributed by atoms with Crippen LogP contribution in [0, 0.1) is 0 Å². The van der Waals surface area contributed by atoms with E-state index in [9.17, 15) is 0 Å². The van der Waals surface area contributed by atoms with Crippen LogP contribution in [0.2, 0.25) is 0 Å². The highest BCUT2D eigenvalue weighted by molar-refractivity contribution is 5.39. The van der Waals surface area contributed by atoms with Crippen molar-refractivity contribution >= 4 is 0 Å². The van der Waals surface area contributed by atoms with Crippen LogP contribution in [0.3, 0.4) is 0 Å². The molecule has 4 heteroatoms. The molecule has 1 aromatic rings. The van der Waals surface area contributed by atoms with Gasteiger partial charge in [0.05, 0.1) is 13.7 Å². The first-order valence-corrected chi connectivity index (χ1v) is 7.82. The van der Waals surface area contributed by atoms with E-state index >= 15 is 0 Å². The van der Waals surface area contributed by atoms with Crippen molar-refractivity contribution in [2.45, 2.75) is 25.3 Å². The van der Waals surface area contributed by atoms with Crippen LogP contribution in [-0.4, -0.2) is 52.4 Å². The van der Waals surface area contributed by atoms with Gasteiger partial charge in [-0.15, -0.1) is 0 Å². The summed E-state index contributed by atoms with van der Waals surface area (Å²) in [6.07, 6.45) is 3.66. The maximum Gasteiger partial charge on any atom is 0.119 e. The smallest absolute Gasteiger partial charge is 0.119 e. The Kier molecular flexibility index (Phi) is 6.49. The summed E-state index contributed by atoms with van der Waals surface area (Å²) in [7, 11) is 5.62. The molecule has 1 aliphatic carbocycles. The molecule has 0 heterocycles. The first-order valence-electron chi connectivity index (χ1n) is 7.82. The number of nitrogens with zero attached hydrogens (tertiary/aromatic N) is 1. The van der Waals surface area contributed by atoms with E-state index in [0.717, 1.165) is 32.0 Å². The minimum absolute atomic E-state index is 0.458. The van der Waals surface area contributed by atoms with Crippen LogP contribution in [0.25, 0.3) is 0 Å². The number of nitrogens with one attached hydrogen (secondary N) is 1. The van der Waals surface area contributed by atoms with Crippen LogP contribution in [0.15, 0.2) is 18.2 Å². The molecule has 4 nitrogen and oxygen atoms in total. The standard InChI is InChI=1S/C17H28N2O2/c1-19(11-12-20-2)10-9-18-17-6-4-5-14-7-8-15(21-3)13-16(14)17/h7-8,13,17-18H,4-6,9-12H2,1-3H3. The summed E-state index contributed by atoms with van der Waals surface area (Å²) in [5, 5.41) is 3.70. The molecule has 2 rings (SSSR count). The maximum atomic E-state index is 5.37. The number of likely N-dealkylation sites (N-methyl/N-ethyl adjacent to an activating group) is 1. The second-order valence-corrected chi connectivity index (χ2v) is 5.76.